The number of nitrogens with one attached hydrogen (secondary N) is 2. The van der Waals surface area contributed by atoms with E-state index in [4.69, 9.17) is 0 Å². The molecule has 0 atom stereocenters. The first kappa shape index (κ1) is 21.4. The van der Waals surface area contributed by atoms with Gasteiger partial charge in [-0.3, -0.25) is 9.52 Å². The van der Waals surface area contributed by atoms with Gasteiger partial charge in [0, 0.05) is 0 Å². The van der Waals surface area contributed by atoms with E-state index in [0.29, 0.717) is 17.4 Å². The molecule has 0 aliphatic rings. The average Bonchev–Trinajstić information content (AvgIpc) is 3.03. The Bertz CT molecular complexity index is 1190. The summed E-state index contributed by atoms with van der Waals surface area (Å²) < 4.78 is 66.0. The second kappa shape index (κ2) is 7.82. The highest BCUT2D eigenvalue weighted by Crippen LogP contribution is 2.34. The van der Waals surface area contributed by atoms with Crippen molar-refractivity contribution in [2.75, 3.05) is 16.3 Å². The number of hydrogen-bond acceptors (Lipinski definition) is 4. The number of carbonyl (C=O) groups excluding carboxylic acids is 1. The SMILES string of the molecule is Cc1c(C(=O)Nc2cc(C(F)(F)F)ccc2NS(C)(=O)=O)cnn1-c1ccccc1. The van der Waals surface area contributed by atoms with Crippen molar-refractivity contribution in [2.45, 2.75) is 13.1 Å². The maximum Gasteiger partial charge on any atom is 0.416 e. The molecular weight excluding hydrogens is 421 g/mol. The van der Waals surface area contributed by atoms with E-state index in [-0.39, 0.29) is 16.9 Å². The Morgan fingerprint density at radius 3 is 2.33 bits per heavy atom. The lowest BCUT2D eigenvalue weighted by atomic mass is 10.1. The molecule has 0 aliphatic carbocycles. The van der Waals surface area contributed by atoms with Crippen molar-refractivity contribution >= 4 is 27.3 Å². The van der Waals surface area contributed by atoms with Crippen LogP contribution in [0.3, 0.4) is 0 Å². The summed E-state index contributed by atoms with van der Waals surface area (Å²) in [5, 5.41) is 6.50. The van der Waals surface area contributed by atoms with Gasteiger partial charge in [-0.15, -0.1) is 0 Å². The minimum atomic E-state index is -4.67. The Morgan fingerprint density at radius 1 is 1.07 bits per heavy atom. The molecule has 0 saturated heterocycles. The van der Waals surface area contributed by atoms with Gasteiger partial charge in [0.1, 0.15) is 0 Å². The molecule has 0 spiro atoms. The molecule has 7 nitrogen and oxygen atoms in total. The lowest BCUT2D eigenvalue weighted by Crippen LogP contribution is -2.18. The number of benzene rings is 2. The minimum absolute atomic E-state index is 0.126. The molecule has 2 aromatic carbocycles. The summed E-state index contributed by atoms with van der Waals surface area (Å²) in [5.74, 6) is -0.731. The first-order valence-corrected chi connectivity index (χ1v) is 10.5. The van der Waals surface area contributed by atoms with Crippen molar-refractivity contribution in [1.29, 1.82) is 0 Å². The molecule has 2 N–H and O–H groups in total. The standard InChI is InChI=1S/C19H17F3N4O3S/c1-12-15(11-23-26(12)14-6-4-3-5-7-14)18(27)24-17-10-13(19(20,21)22)8-9-16(17)25-30(2,28)29/h3-11,25H,1-2H3,(H,24,27). The van der Waals surface area contributed by atoms with Crippen LogP contribution in [0.25, 0.3) is 5.69 Å². The fourth-order valence-electron chi connectivity index (χ4n) is 2.76. The second-order valence-electron chi connectivity index (χ2n) is 6.48. The Kier molecular flexibility index (Phi) is 5.57. The van der Waals surface area contributed by atoms with Crippen LogP contribution in [0.4, 0.5) is 24.5 Å². The van der Waals surface area contributed by atoms with Gasteiger partial charge in [0.15, 0.2) is 0 Å². The second-order valence-corrected chi connectivity index (χ2v) is 8.23. The lowest BCUT2D eigenvalue weighted by molar-refractivity contribution is -0.137. The molecule has 0 bridgehead atoms. The number of sulfonamides is 1. The predicted octanol–water partition coefficient (Wildman–Crippen LogP) is 3.82. The van der Waals surface area contributed by atoms with Crippen molar-refractivity contribution < 1.29 is 26.4 Å². The zero-order valence-electron chi connectivity index (χ0n) is 15.9. The number of hydrogen-bond donors (Lipinski definition) is 2. The Balaban J connectivity index is 1.97. The molecule has 3 rings (SSSR count). The Labute approximate surface area is 170 Å². The molecule has 158 valence electrons. The number of aromatic nitrogens is 2. The van der Waals surface area contributed by atoms with Crippen LogP contribution in [0.2, 0.25) is 0 Å². The molecule has 30 heavy (non-hydrogen) atoms. The van der Waals surface area contributed by atoms with Gasteiger partial charge in [0.25, 0.3) is 5.91 Å². The molecule has 1 aromatic heterocycles. The van der Waals surface area contributed by atoms with Gasteiger partial charge >= 0.3 is 6.18 Å². The van der Waals surface area contributed by atoms with Crippen LogP contribution in [0.5, 0.6) is 0 Å². The number of alkyl halides is 3. The molecule has 0 unspecified atom stereocenters. The van der Waals surface area contributed by atoms with Crippen LogP contribution in [0, 0.1) is 6.92 Å². The number of nitrogens with zero attached hydrogens (tertiary/aromatic N) is 2. The normalized spacial score (nSPS) is 11.9. The third-order valence-electron chi connectivity index (χ3n) is 4.15. The number of halogens is 3. The van der Waals surface area contributed by atoms with Crippen molar-refractivity contribution in [3.05, 3.63) is 71.5 Å². The largest absolute Gasteiger partial charge is 0.416 e. The summed E-state index contributed by atoms with van der Waals surface area (Å²) in [5.41, 5.74) is -0.259. The van der Waals surface area contributed by atoms with Gasteiger partial charge in [0.2, 0.25) is 10.0 Å². The number of rotatable bonds is 5. The van der Waals surface area contributed by atoms with Gasteiger partial charge in [0.05, 0.1) is 46.3 Å². The smallest absolute Gasteiger partial charge is 0.320 e. The minimum Gasteiger partial charge on any atom is -0.320 e. The maximum absolute atomic E-state index is 13.1. The third-order valence-corrected chi connectivity index (χ3v) is 4.74. The number of amides is 1. The quantitative estimate of drug-likeness (QED) is 0.633. The van der Waals surface area contributed by atoms with E-state index in [2.05, 4.69) is 15.1 Å². The van der Waals surface area contributed by atoms with Crippen LogP contribution in [0.15, 0.2) is 54.7 Å². The van der Waals surface area contributed by atoms with Gasteiger partial charge in [-0.1, -0.05) is 18.2 Å². The van der Waals surface area contributed by atoms with E-state index in [1.807, 2.05) is 6.07 Å². The summed E-state index contributed by atoms with van der Waals surface area (Å²) >= 11 is 0. The predicted molar refractivity (Wildman–Crippen MR) is 106 cm³/mol. The molecule has 0 radical (unpaired) electrons. The first-order valence-electron chi connectivity index (χ1n) is 8.56. The molecule has 0 aliphatic heterocycles. The summed E-state index contributed by atoms with van der Waals surface area (Å²) in [7, 11) is -3.79. The van der Waals surface area contributed by atoms with Crippen molar-refractivity contribution in [1.82, 2.24) is 9.78 Å². The molecule has 1 amide bonds. The fraction of sp³-hybridized carbons (Fsp3) is 0.158. The van der Waals surface area contributed by atoms with Crippen LogP contribution in [-0.4, -0.2) is 30.4 Å². The molecule has 0 saturated carbocycles. The van der Waals surface area contributed by atoms with Gasteiger partial charge < -0.3 is 5.32 Å². The van der Waals surface area contributed by atoms with Crippen LogP contribution >= 0.6 is 0 Å². The maximum atomic E-state index is 13.1. The zero-order valence-corrected chi connectivity index (χ0v) is 16.7. The van der Waals surface area contributed by atoms with E-state index in [9.17, 15) is 26.4 Å². The van der Waals surface area contributed by atoms with Crippen molar-refractivity contribution in [2.24, 2.45) is 0 Å². The van der Waals surface area contributed by atoms with Gasteiger partial charge in [-0.05, 0) is 37.3 Å². The molecule has 0 fully saturated rings. The van der Waals surface area contributed by atoms with E-state index in [1.54, 1.807) is 31.2 Å². The fourth-order valence-corrected chi connectivity index (χ4v) is 3.34. The van der Waals surface area contributed by atoms with Gasteiger partial charge in [-0.25, -0.2) is 13.1 Å². The summed E-state index contributed by atoms with van der Waals surface area (Å²) in [6.07, 6.45) is -2.53. The van der Waals surface area contributed by atoms with E-state index in [0.717, 1.165) is 18.4 Å². The monoisotopic (exact) mass is 438 g/mol. The third kappa shape index (κ3) is 4.79. The zero-order chi connectivity index (χ0) is 22.1. The highest BCUT2D eigenvalue weighted by Gasteiger charge is 2.31. The van der Waals surface area contributed by atoms with E-state index >= 15 is 0 Å². The molecule has 1 heterocycles. The summed E-state index contributed by atoms with van der Waals surface area (Å²) in [4.78, 5) is 12.7. The number of carbonyl (C=O) groups is 1. The highest BCUT2D eigenvalue weighted by atomic mass is 32.2. The Morgan fingerprint density at radius 2 is 1.73 bits per heavy atom. The average molecular weight is 438 g/mol. The molecule has 11 heteroatoms. The Hall–Kier alpha value is -3.34. The number of anilines is 2. The van der Waals surface area contributed by atoms with Crippen molar-refractivity contribution in [3.63, 3.8) is 0 Å². The van der Waals surface area contributed by atoms with Crippen LogP contribution in [-0.2, 0) is 16.2 Å². The molecular formula is C19H17F3N4O3S. The molecule has 3 aromatic rings. The highest BCUT2D eigenvalue weighted by molar-refractivity contribution is 7.92. The van der Waals surface area contributed by atoms with Crippen LogP contribution < -0.4 is 10.0 Å². The topological polar surface area (TPSA) is 93.1 Å². The van der Waals surface area contributed by atoms with Crippen molar-refractivity contribution in [3.8, 4) is 5.69 Å². The summed E-state index contributed by atoms with van der Waals surface area (Å²) in [6.45, 7) is 1.64. The lowest BCUT2D eigenvalue weighted by Gasteiger charge is -2.15. The van der Waals surface area contributed by atoms with Crippen LogP contribution in [0.1, 0.15) is 21.6 Å². The van der Waals surface area contributed by atoms with E-state index in [1.165, 1.54) is 10.9 Å². The first-order chi connectivity index (χ1) is 14.0. The van der Waals surface area contributed by atoms with Gasteiger partial charge in [-0.2, -0.15) is 18.3 Å². The van der Waals surface area contributed by atoms with E-state index < -0.39 is 27.7 Å². The number of para-hydroxylation sites is 1. The summed E-state index contributed by atoms with van der Waals surface area (Å²) in [6, 6.07) is 11.3.